The van der Waals surface area contributed by atoms with Gasteiger partial charge in [-0.15, -0.1) is 0 Å². The highest BCUT2D eigenvalue weighted by molar-refractivity contribution is 5.97. The molecule has 0 heterocycles. The molecule has 1 saturated carbocycles. The lowest BCUT2D eigenvalue weighted by molar-refractivity contribution is 0.100. The second-order valence-corrected chi connectivity index (χ2v) is 5.92. The van der Waals surface area contributed by atoms with Crippen LogP contribution in [0.1, 0.15) is 44.2 Å². The molecule has 0 aromatic heterocycles. The normalized spacial score (nSPS) is 27.0. The Kier molecular flexibility index (Phi) is 4.13. The summed E-state index contributed by atoms with van der Waals surface area (Å²) in [6.07, 6.45) is 3.65. The van der Waals surface area contributed by atoms with Crippen LogP contribution in [0.15, 0.2) is 18.2 Å². The number of ether oxygens (including phenoxy) is 1. The maximum absolute atomic E-state index is 7.63. The van der Waals surface area contributed by atoms with E-state index in [0.717, 1.165) is 30.1 Å². The van der Waals surface area contributed by atoms with Gasteiger partial charge in [0.15, 0.2) is 0 Å². The van der Waals surface area contributed by atoms with Crippen LogP contribution in [0.3, 0.4) is 0 Å². The summed E-state index contributed by atoms with van der Waals surface area (Å²) in [4.78, 5) is 0. The summed E-state index contributed by atoms with van der Waals surface area (Å²) in [5.41, 5.74) is 7.46. The van der Waals surface area contributed by atoms with Gasteiger partial charge in [-0.25, -0.2) is 0 Å². The number of hydrogen-bond donors (Lipinski definition) is 2. The summed E-state index contributed by atoms with van der Waals surface area (Å²) in [7, 11) is 0. The van der Waals surface area contributed by atoms with Gasteiger partial charge in [-0.3, -0.25) is 5.41 Å². The van der Waals surface area contributed by atoms with E-state index in [1.165, 1.54) is 6.42 Å². The molecule has 1 aliphatic carbocycles. The Morgan fingerprint density at radius 2 is 2.00 bits per heavy atom. The topological polar surface area (TPSA) is 59.1 Å². The molecule has 1 fully saturated rings. The Labute approximate surface area is 115 Å². The SMILES string of the molecule is Cc1ccc(C(=N)N)c(OC2CCC(C)C(C)C2)c1. The zero-order valence-electron chi connectivity index (χ0n) is 12.1. The first-order chi connectivity index (χ1) is 8.97. The number of aryl methyl sites for hydroxylation is 1. The van der Waals surface area contributed by atoms with E-state index in [-0.39, 0.29) is 11.9 Å². The first-order valence-corrected chi connectivity index (χ1v) is 7.09. The molecular formula is C16H24N2O. The summed E-state index contributed by atoms with van der Waals surface area (Å²) < 4.78 is 6.13. The van der Waals surface area contributed by atoms with Gasteiger partial charge in [-0.1, -0.05) is 19.9 Å². The molecule has 0 radical (unpaired) electrons. The summed E-state index contributed by atoms with van der Waals surface area (Å²) in [6.45, 7) is 6.64. The van der Waals surface area contributed by atoms with Crippen LogP contribution in [0, 0.1) is 24.2 Å². The highest BCUT2D eigenvalue weighted by atomic mass is 16.5. The molecule has 3 atom stereocenters. The number of nitrogen functional groups attached to an aromatic ring is 1. The van der Waals surface area contributed by atoms with Crippen LogP contribution < -0.4 is 10.5 Å². The van der Waals surface area contributed by atoms with Gasteiger partial charge < -0.3 is 10.5 Å². The number of nitrogens with one attached hydrogen (secondary N) is 1. The Bertz CT molecular complexity index is 470. The average molecular weight is 260 g/mol. The fraction of sp³-hybridized carbons (Fsp3) is 0.562. The first kappa shape index (κ1) is 13.9. The fourth-order valence-corrected chi connectivity index (χ4v) is 2.73. The molecule has 0 amide bonds. The van der Waals surface area contributed by atoms with Crippen molar-refractivity contribution in [3.63, 3.8) is 0 Å². The van der Waals surface area contributed by atoms with Crippen LogP contribution in [0.5, 0.6) is 5.75 Å². The van der Waals surface area contributed by atoms with Crippen molar-refractivity contribution in [1.29, 1.82) is 5.41 Å². The Balaban J connectivity index is 2.14. The smallest absolute Gasteiger partial charge is 0.130 e. The highest BCUT2D eigenvalue weighted by Crippen LogP contribution is 2.32. The molecule has 0 spiro atoms. The molecular weight excluding hydrogens is 236 g/mol. The van der Waals surface area contributed by atoms with Crippen LogP contribution in [0.4, 0.5) is 0 Å². The van der Waals surface area contributed by atoms with E-state index in [1.54, 1.807) is 0 Å². The molecule has 0 aliphatic heterocycles. The van der Waals surface area contributed by atoms with Gasteiger partial charge in [0, 0.05) is 0 Å². The summed E-state index contributed by atoms with van der Waals surface area (Å²) in [5, 5.41) is 7.63. The van der Waals surface area contributed by atoms with E-state index < -0.39 is 0 Å². The third-order valence-electron chi connectivity index (χ3n) is 4.27. The molecule has 1 aromatic rings. The van der Waals surface area contributed by atoms with Gasteiger partial charge in [0.05, 0.1) is 11.7 Å². The predicted molar refractivity (Wildman–Crippen MR) is 78.8 cm³/mol. The molecule has 104 valence electrons. The molecule has 3 nitrogen and oxygen atoms in total. The minimum atomic E-state index is 0.0761. The zero-order valence-corrected chi connectivity index (χ0v) is 12.1. The van der Waals surface area contributed by atoms with Crippen molar-refractivity contribution in [1.82, 2.24) is 0 Å². The molecule has 0 bridgehead atoms. The molecule has 3 N–H and O–H groups in total. The summed E-state index contributed by atoms with van der Waals surface area (Å²) in [5.74, 6) is 2.32. The number of amidine groups is 1. The van der Waals surface area contributed by atoms with E-state index in [0.29, 0.717) is 11.5 Å². The third-order valence-corrected chi connectivity index (χ3v) is 4.27. The number of benzene rings is 1. The molecule has 3 unspecified atom stereocenters. The van der Waals surface area contributed by atoms with Crippen molar-refractivity contribution < 1.29 is 4.74 Å². The summed E-state index contributed by atoms with van der Waals surface area (Å²) in [6, 6.07) is 5.83. The van der Waals surface area contributed by atoms with Crippen LogP contribution >= 0.6 is 0 Å². The minimum Gasteiger partial charge on any atom is -0.490 e. The van der Waals surface area contributed by atoms with Gasteiger partial charge in [-0.2, -0.15) is 0 Å². The van der Waals surface area contributed by atoms with Gasteiger partial charge in [0.2, 0.25) is 0 Å². The number of hydrogen-bond acceptors (Lipinski definition) is 2. The van der Waals surface area contributed by atoms with E-state index in [1.807, 2.05) is 25.1 Å². The second kappa shape index (κ2) is 5.64. The minimum absolute atomic E-state index is 0.0761. The quantitative estimate of drug-likeness (QED) is 0.645. The van der Waals surface area contributed by atoms with Gasteiger partial charge in [0.25, 0.3) is 0 Å². The lowest BCUT2D eigenvalue weighted by atomic mass is 9.80. The van der Waals surface area contributed by atoms with Gasteiger partial charge in [-0.05, 0) is 55.7 Å². The van der Waals surface area contributed by atoms with E-state index in [9.17, 15) is 0 Å². The molecule has 1 aromatic carbocycles. The molecule has 1 aliphatic rings. The fourth-order valence-electron chi connectivity index (χ4n) is 2.73. The predicted octanol–water partition coefficient (Wildman–Crippen LogP) is 3.48. The van der Waals surface area contributed by atoms with Crippen molar-refractivity contribution in [3.8, 4) is 5.75 Å². The van der Waals surface area contributed by atoms with Crippen molar-refractivity contribution in [2.75, 3.05) is 0 Å². The van der Waals surface area contributed by atoms with Crippen LogP contribution in [0.2, 0.25) is 0 Å². The Morgan fingerprint density at radius 3 is 2.63 bits per heavy atom. The lowest BCUT2D eigenvalue weighted by Gasteiger charge is -2.32. The highest BCUT2D eigenvalue weighted by Gasteiger charge is 2.26. The number of nitrogens with two attached hydrogens (primary N) is 1. The van der Waals surface area contributed by atoms with Crippen molar-refractivity contribution in [2.45, 2.75) is 46.1 Å². The van der Waals surface area contributed by atoms with Gasteiger partial charge in [0.1, 0.15) is 11.6 Å². The van der Waals surface area contributed by atoms with Crippen molar-refractivity contribution >= 4 is 5.84 Å². The van der Waals surface area contributed by atoms with Crippen LogP contribution in [-0.4, -0.2) is 11.9 Å². The Morgan fingerprint density at radius 1 is 1.26 bits per heavy atom. The third kappa shape index (κ3) is 3.28. The maximum Gasteiger partial charge on any atom is 0.130 e. The first-order valence-electron chi connectivity index (χ1n) is 7.09. The van der Waals surface area contributed by atoms with Crippen LogP contribution in [0.25, 0.3) is 0 Å². The van der Waals surface area contributed by atoms with Crippen molar-refractivity contribution in [3.05, 3.63) is 29.3 Å². The standard InChI is InChI=1S/C16H24N2O/c1-10-4-7-14(16(17)18)15(8-10)19-13-6-5-11(2)12(3)9-13/h4,7-8,11-13H,5-6,9H2,1-3H3,(H3,17,18). The van der Waals surface area contributed by atoms with Crippen LogP contribution in [-0.2, 0) is 0 Å². The summed E-state index contributed by atoms with van der Waals surface area (Å²) >= 11 is 0. The monoisotopic (exact) mass is 260 g/mol. The van der Waals surface area contributed by atoms with Gasteiger partial charge >= 0.3 is 0 Å². The lowest BCUT2D eigenvalue weighted by Crippen LogP contribution is -2.29. The Hall–Kier alpha value is -1.51. The van der Waals surface area contributed by atoms with E-state index in [4.69, 9.17) is 15.9 Å². The number of rotatable bonds is 3. The molecule has 3 heteroatoms. The molecule has 19 heavy (non-hydrogen) atoms. The maximum atomic E-state index is 7.63. The van der Waals surface area contributed by atoms with E-state index in [2.05, 4.69) is 13.8 Å². The average Bonchev–Trinajstić information content (AvgIpc) is 2.33. The molecule has 2 rings (SSSR count). The zero-order chi connectivity index (χ0) is 14.0. The van der Waals surface area contributed by atoms with E-state index >= 15 is 0 Å². The molecule has 0 saturated heterocycles. The largest absolute Gasteiger partial charge is 0.490 e. The van der Waals surface area contributed by atoms with Crippen molar-refractivity contribution in [2.24, 2.45) is 17.6 Å². The second-order valence-electron chi connectivity index (χ2n) is 5.92.